The molecule has 0 radical (unpaired) electrons. The molecule has 1 unspecified atom stereocenters. The molecule has 2 N–H and O–H groups in total. The van der Waals surface area contributed by atoms with Gasteiger partial charge in [0.1, 0.15) is 17.1 Å². The Kier molecular flexibility index (Phi) is 7.95. The standard InChI is InChI=1S/C23H27N3O4S/c1-14(2)19(26-20(28)15-6-8-17(9-7-15)23(3,4)5)22(29)30-13-18(27)25-21-16(12-24)10-11-31-21/h6-11,14,19H,13H2,1-5H3,(H,25,27)(H,26,28). The van der Waals surface area contributed by atoms with Crippen LogP contribution in [0.1, 0.15) is 56.1 Å². The monoisotopic (exact) mass is 441 g/mol. The molecule has 0 saturated heterocycles. The van der Waals surface area contributed by atoms with Crippen LogP contribution in [0.5, 0.6) is 0 Å². The van der Waals surface area contributed by atoms with Crippen molar-refractivity contribution >= 4 is 34.1 Å². The summed E-state index contributed by atoms with van der Waals surface area (Å²) in [4.78, 5) is 37.2. The van der Waals surface area contributed by atoms with E-state index in [9.17, 15) is 14.4 Å². The van der Waals surface area contributed by atoms with Gasteiger partial charge in [0.05, 0.1) is 5.56 Å². The van der Waals surface area contributed by atoms with E-state index in [0.29, 0.717) is 16.1 Å². The zero-order valence-corrected chi connectivity index (χ0v) is 19.1. The van der Waals surface area contributed by atoms with Crippen LogP contribution < -0.4 is 10.6 Å². The molecule has 7 nitrogen and oxygen atoms in total. The summed E-state index contributed by atoms with van der Waals surface area (Å²) in [5, 5.41) is 16.3. The van der Waals surface area contributed by atoms with Gasteiger partial charge in [-0.2, -0.15) is 5.26 Å². The lowest BCUT2D eigenvalue weighted by Crippen LogP contribution is -2.46. The summed E-state index contributed by atoms with van der Waals surface area (Å²) in [6.45, 7) is 9.30. The van der Waals surface area contributed by atoms with Crippen molar-refractivity contribution in [1.82, 2.24) is 5.32 Å². The number of hydrogen-bond donors (Lipinski definition) is 2. The van der Waals surface area contributed by atoms with Gasteiger partial charge in [-0.3, -0.25) is 9.59 Å². The first-order chi connectivity index (χ1) is 14.5. The topological polar surface area (TPSA) is 108 Å². The highest BCUT2D eigenvalue weighted by atomic mass is 32.1. The molecule has 2 amide bonds. The van der Waals surface area contributed by atoms with Gasteiger partial charge in [-0.25, -0.2) is 4.79 Å². The van der Waals surface area contributed by atoms with E-state index in [1.807, 2.05) is 18.2 Å². The Labute approximate surface area is 186 Å². The maximum atomic E-state index is 12.6. The van der Waals surface area contributed by atoms with Gasteiger partial charge >= 0.3 is 5.97 Å². The van der Waals surface area contributed by atoms with Gasteiger partial charge in [0, 0.05) is 5.56 Å². The van der Waals surface area contributed by atoms with Crippen LogP contribution in [0.3, 0.4) is 0 Å². The zero-order valence-electron chi connectivity index (χ0n) is 18.3. The molecular weight excluding hydrogens is 414 g/mol. The molecular formula is C23H27N3O4S. The molecule has 0 aliphatic rings. The molecule has 1 heterocycles. The summed E-state index contributed by atoms with van der Waals surface area (Å²) in [5.41, 5.74) is 1.84. The fourth-order valence-corrected chi connectivity index (χ4v) is 3.48. The molecule has 1 aromatic carbocycles. The van der Waals surface area contributed by atoms with Gasteiger partial charge in [-0.1, -0.05) is 46.8 Å². The van der Waals surface area contributed by atoms with E-state index in [1.165, 1.54) is 11.3 Å². The number of amides is 2. The summed E-state index contributed by atoms with van der Waals surface area (Å²) in [6, 6.07) is 9.88. The Hall–Kier alpha value is -3.18. The average Bonchev–Trinajstić information content (AvgIpc) is 3.16. The van der Waals surface area contributed by atoms with Gasteiger partial charge in [-0.15, -0.1) is 11.3 Å². The second kappa shape index (κ2) is 10.2. The van der Waals surface area contributed by atoms with Gasteiger partial charge < -0.3 is 15.4 Å². The fourth-order valence-electron chi connectivity index (χ4n) is 2.73. The summed E-state index contributed by atoms with van der Waals surface area (Å²) >= 11 is 1.20. The van der Waals surface area contributed by atoms with E-state index < -0.39 is 30.4 Å². The third-order valence-corrected chi connectivity index (χ3v) is 5.43. The first-order valence-electron chi connectivity index (χ1n) is 9.88. The van der Waals surface area contributed by atoms with Crippen molar-refractivity contribution in [3.8, 4) is 6.07 Å². The highest BCUT2D eigenvalue weighted by Crippen LogP contribution is 2.23. The number of rotatable bonds is 7. The minimum Gasteiger partial charge on any atom is -0.454 e. The lowest BCUT2D eigenvalue weighted by molar-refractivity contribution is -0.150. The molecule has 2 rings (SSSR count). The molecule has 1 aromatic heterocycles. The van der Waals surface area contributed by atoms with E-state index in [1.54, 1.807) is 37.4 Å². The van der Waals surface area contributed by atoms with E-state index in [-0.39, 0.29) is 11.3 Å². The minimum atomic E-state index is -0.904. The number of nitrogens with zero attached hydrogens (tertiary/aromatic N) is 1. The van der Waals surface area contributed by atoms with E-state index >= 15 is 0 Å². The fraction of sp³-hybridized carbons (Fsp3) is 0.391. The Morgan fingerprint density at radius 3 is 2.32 bits per heavy atom. The average molecular weight is 442 g/mol. The molecule has 2 aromatic rings. The van der Waals surface area contributed by atoms with Crippen LogP contribution >= 0.6 is 11.3 Å². The number of esters is 1. The van der Waals surface area contributed by atoms with Gasteiger partial charge in [-0.05, 0) is 40.5 Å². The number of benzene rings is 1. The number of nitrogens with one attached hydrogen (secondary N) is 2. The second-order valence-electron chi connectivity index (χ2n) is 8.45. The SMILES string of the molecule is CC(C)C(NC(=O)c1ccc(C(C)(C)C)cc1)C(=O)OCC(=O)Nc1sccc1C#N. The first kappa shape index (κ1) is 24.1. The molecule has 0 aliphatic heterocycles. The van der Waals surface area contributed by atoms with Crippen molar-refractivity contribution < 1.29 is 19.1 Å². The Balaban J connectivity index is 1.96. The predicted molar refractivity (Wildman–Crippen MR) is 120 cm³/mol. The summed E-state index contributed by atoms with van der Waals surface area (Å²) in [7, 11) is 0. The number of thiophene rings is 1. The maximum Gasteiger partial charge on any atom is 0.329 e. The highest BCUT2D eigenvalue weighted by molar-refractivity contribution is 7.14. The maximum absolute atomic E-state index is 12.6. The number of carbonyl (C=O) groups excluding carboxylic acids is 3. The van der Waals surface area contributed by atoms with Crippen molar-refractivity contribution in [3.05, 3.63) is 52.4 Å². The summed E-state index contributed by atoms with van der Waals surface area (Å²) in [6.07, 6.45) is 0. The number of ether oxygens (including phenoxy) is 1. The molecule has 0 bridgehead atoms. The van der Waals surface area contributed by atoms with Crippen molar-refractivity contribution in [2.75, 3.05) is 11.9 Å². The molecule has 0 aliphatic carbocycles. The van der Waals surface area contributed by atoms with Crippen molar-refractivity contribution in [2.24, 2.45) is 5.92 Å². The number of carbonyl (C=O) groups is 3. The van der Waals surface area contributed by atoms with Crippen molar-refractivity contribution in [2.45, 2.75) is 46.1 Å². The quantitative estimate of drug-likeness (QED) is 0.635. The van der Waals surface area contributed by atoms with Crippen LogP contribution in [0.4, 0.5) is 5.00 Å². The van der Waals surface area contributed by atoms with E-state index in [4.69, 9.17) is 10.00 Å². The Morgan fingerprint density at radius 1 is 1.13 bits per heavy atom. The van der Waals surface area contributed by atoms with Crippen molar-refractivity contribution in [1.29, 1.82) is 5.26 Å². The minimum absolute atomic E-state index is 0.0308. The molecule has 0 spiro atoms. The second-order valence-corrected chi connectivity index (χ2v) is 9.37. The van der Waals surface area contributed by atoms with Crippen LogP contribution in [0.2, 0.25) is 0 Å². The highest BCUT2D eigenvalue weighted by Gasteiger charge is 2.27. The molecule has 0 saturated carbocycles. The van der Waals surface area contributed by atoms with Crippen LogP contribution in [0.25, 0.3) is 0 Å². The van der Waals surface area contributed by atoms with Crippen LogP contribution in [-0.2, 0) is 19.7 Å². The van der Waals surface area contributed by atoms with E-state index in [0.717, 1.165) is 5.56 Å². The van der Waals surface area contributed by atoms with Crippen LogP contribution in [-0.4, -0.2) is 30.4 Å². The molecule has 1 atom stereocenters. The van der Waals surface area contributed by atoms with Gasteiger partial charge in [0.2, 0.25) is 0 Å². The molecule has 0 fully saturated rings. The molecule has 8 heteroatoms. The number of nitriles is 1. The predicted octanol–water partition coefficient (Wildman–Crippen LogP) is 3.85. The normalized spacial score (nSPS) is 12.0. The summed E-state index contributed by atoms with van der Waals surface area (Å²) < 4.78 is 5.11. The number of anilines is 1. The van der Waals surface area contributed by atoms with E-state index in [2.05, 4.69) is 31.4 Å². The van der Waals surface area contributed by atoms with Gasteiger partial charge in [0.25, 0.3) is 11.8 Å². The largest absolute Gasteiger partial charge is 0.454 e. The molecule has 164 valence electrons. The summed E-state index contributed by atoms with van der Waals surface area (Å²) in [5.74, 6) is -1.89. The molecule has 31 heavy (non-hydrogen) atoms. The van der Waals surface area contributed by atoms with Gasteiger partial charge in [0.15, 0.2) is 6.61 Å². The third-order valence-electron chi connectivity index (χ3n) is 4.60. The Morgan fingerprint density at radius 2 is 1.77 bits per heavy atom. The van der Waals surface area contributed by atoms with Crippen LogP contribution in [0.15, 0.2) is 35.7 Å². The third kappa shape index (κ3) is 6.66. The van der Waals surface area contributed by atoms with Crippen LogP contribution in [0, 0.1) is 17.2 Å². The lowest BCUT2D eigenvalue weighted by Gasteiger charge is -2.22. The van der Waals surface area contributed by atoms with Crippen molar-refractivity contribution in [3.63, 3.8) is 0 Å². The smallest absolute Gasteiger partial charge is 0.329 e. The first-order valence-corrected chi connectivity index (χ1v) is 10.8. The lowest BCUT2D eigenvalue weighted by atomic mass is 9.86. The Bertz CT molecular complexity index is 981. The number of hydrogen-bond acceptors (Lipinski definition) is 6. The zero-order chi connectivity index (χ0) is 23.2.